The second-order valence-electron chi connectivity index (χ2n) is 6.18. The van der Waals surface area contributed by atoms with Crippen molar-refractivity contribution in [2.75, 3.05) is 13.2 Å². The van der Waals surface area contributed by atoms with Crippen LogP contribution in [0.2, 0.25) is 0 Å². The van der Waals surface area contributed by atoms with Gasteiger partial charge < -0.3 is 15.2 Å². The monoisotopic (exact) mass is 277 g/mol. The first-order chi connectivity index (χ1) is 9.59. The van der Waals surface area contributed by atoms with Crippen molar-refractivity contribution < 1.29 is 9.84 Å². The molecule has 1 aromatic rings. The third kappa shape index (κ3) is 3.74. The molecule has 0 bridgehead atoms. The summed E-state index contributed by atoms with van der Waals surface area (Å²) in [5.74, 6) is 1.43. The normalized spacial score (nSPS) is 18.1. The van der Waals surface area contributed by atoms with Gasteiger partial charge in [0.25, 0.3) is 0 Å². The van der Waals surface area contributed by atoms with Crippen molar-refractivity contribution >= 4 is 0 Å². The van der Waals surface area contributed by atoms with Gasteiger partial charge in [0.1, 0.15) is 12.4 Å². The molecule has 1 aliphatic rings. The Morgan fingerprint density at radius 1 is 1.40 bits per heavy atom. The van der Waals surface area contributed by atoms with E-state index in [1.807, 2.05) is 12.1 Å². The number of aliphatic hydroxyl groups is 1. The fourth-order valence-electron chi connectivity index (χ4n) is 2.78. The maximum absolute atomic E-state index is 9.87. The third-order valence-electron chi connectivity index (χ3n) is 4.02. The molecule has 20 heavy (non-hydrogen) atoms. The molecule has 1 aromatic carbocycles. The van der Waals surface area contributed by atoms with Crippen LogP contribution in [0.5, 0.6) is 5.75 Å². The molecule has 1 unspecified atom stereocenters. The van der Waals surface area contributed by atoms with Crippen molar-refractivity contribution in [3.63, 3.8) is 0 Å². The zero-order valence-corrected chi connectivity index (χ0v) is 12.9. The van der Waals surface area contributed by atoms with E-state index >= 15 is 0 Å². The molecule has 3 nitrogen and oxygen atoms in total. The van der Waals surface area contributed by atoms with Crippen LogP contribution < -0.4 is 10.1 Å². The van der Waals surface area contributed by atoms with Gasteiger partial charge in [-0.3, -0.25) is 0 Å². The van der Waals surface area contributed by atoms with E-state index in [2.05, 4.69) is 38.2 Å². The van der Waals surface area contributed by atoms with Crippen LogP contribution in [0.15, 0.2) is 24.3 Å². The highest BCUT2D eigenvalue weighted by Crippen LogP contribution is 2.40. The quantitative estimate of drug-likeness (QED) is 0.768. The number of benzene rings is 1. The van der Waals surface area contributed by atoms with Gasteiger partial charge in [0, 0.05) is 6.04 Å². The topological polar surface area (TPSA) is 41.5 Å². The predicted octanol–water partition coefficient (Wildman–Crippen LogP) is 2.77. The summed E-state index contributed by atoms with van der Waals surface area (Å²) in [5, 5.41) is 13.4. The van der Waals surface area contributed by atoms with Gasteiger partial charge in [0.05, 0.1) is 12.1 Å². The molecule has 0 heterocycles. The molecule has 0 aliphatic heterocycles. The molecule has 0 radical (unpaired) electrons. The van der Waals surface area contributed by atoms with Gasteiger partial charge in [-0.1, -0.05) is 32.9 Å². The molecule has 0 amide bonds. The molecule has 0 saturated heterocycles. The van der Waals surface area contributed by atoms with Gasteiger partial charge in [0.15, 0.2) is 0 Å². The minimum Gasteiger partial charge on any atom is -0.492 e. The van der Waals surface area contributed by atoms with Crippen LogP contribution in [0, 0.1) is 5.92 Å². The Morgan fingerprint density at radius 2 is 2.15 bits per heavy atom. The first kappa shape index (κ1) is 15.3. The highest BCUT2D eigenvalue weighted by Gasteiger charge is 2.45. The van der Waals surface area contributed by atoms with E-state index in [4.69, 9.17) is 4.74 Å². The molecular formula is C17H27NO2. The number of aliphatic hydroxyl groups excluding tert-OH is 1. The van der Waals surface area contributed by atoms with E-state index in [9.17, 15) is 5.11 Å². The molecule has 1 aliphatic carbocycles. The molecule has 1 atom stereocenters. The van der Waals surface area contributed by atoms with Gasteiger partial charge in [-0.15, -0.1) is 0 Å². The average molecular weight is 277 g/mol. The number of nitrogens with one attached hydrogen (secondary N) is 1. The fourth-order valence-corrected chi connectivity index (χ4v) is 2.78. The maximum Gasteiger partial charge on any atom is 0.119 e. The molecular weight excluding hydrogens is 250 g/mol. The summed E-state index contributed by atoms with van der Waals surface area (Å²) in [6.45, 7) is 7.03. The van der Waals surface area contributed by atoms with Gasteiger partial charge in [-0.2, -0.15) is 0 Å². The number of hydrogen-bond acceptors (Lipinski definition) is 3. The van der Waals surface area contributed by atoms with Crippen LogP contribution in [0.4, 0.5) is 0 Å². The van der Waals surface area contributed by atoms with Gasteiger partial charge in [-0.05, 0) is 42.9 Å². The Bertz CT molecular complexity index is 429. The molecule has 1 saturated carbocycles. The number of aryl methyl sites for hydroxylation is 1. The van der Waals surface area contributed by atoms with Crippen molar-refractivity contribution in [1.82, 2.24) is 5.32 Å². The predicted molar refractivity (Wildman–Crippen MR) is 82.1 cm³/mol. The second-order valence-corrected chi connectivity index (χ2v) is 6.18. The summed E-state index contributed by atoms with van der Waals surface area (Å²) >= 11 is 0. The smallest absolute Gasteiger partial charge is 0.119 e. The highest BCUT2D eigenvalue weighted by atomic mass is 16.5. The lowest BCUT2D eigenvalue weighted by Crippen LogP contribution is -2.57. The van der Waals surface area contributed by atoms with Crippen molar-refractivity contribution in [1.29, 1.82) is 0 Å². The van der Waals surface area contributed by atoms with Crippen LogP contribution in [-0.4, -0.2) is 29.9 Å². The molecule has 1 fully saturated rings. The fraction of sp³-hybridized carbons (Fsp3) is 0.647. The summed E-state index contributed by atoms with van der Waals surface area (Å²) in [7, 11) is 0. The first-order valence-electron chi connectivity index (χ1n) is 7.70. The minimum atomic E-state index is -0.295. The Balaban J connectivity index is 2.04. The van der Waals surface area contributed by atoms with Gasteiger partial charge >= 0.3 is 0 Å². The first-order valence-corrected chi connectivity index (χ1v) is 7.70. The highest BCUT2D eigenvalue weighted by molar-refractivity contribution is 5.28. The summed E-state index contributed by atoms with van der Waals surface area (Å²) in [6.07, 6.45) is 3.37. The Kier molecular flexibility index (Phi) is 5.06. The number of rotatable bonds is 8. The van der Waals surface area contributed by atoms with E-state index < -0.39 is 0 Å². The van der Waals surface area contributed by atoms with Gasteiger partial charge in [0.2, 0.25) is 0 Å². The molecule has 2 rings (SSSR count). The molecule has 2 N–H and O–H groups in total. The van der Waals surface area contributed by atoms with E-state index in [1.165, 1.54) is 18.4 Å². The standard InChI is InChI=1S/C17H27NO2/c1-4-14-6-5-7-16(10-14)20-12-17(11-19,15-8-9-15)18-13(2)3/h5-7,10,13,15,18-19H,4,8-9,11-12H2,1-3H3. The molecule has 0 aromatic heterocycles. The minimum absolute atomic E-state index is 0.128. The lowest BCUT2D eigenvalue weighted by atomic mass is 9.94. The molecule has 0 spiro atoms. The molecule has 3 heteroatoms. The zero-order valence-electron chi connectivity index (χ0n) is 12.9. The lowest BCUT2D eigenvalue weighted by Gasteiger charge is -2.35. The largest absolute Gasteiger partial charge is 0.492 e. The summed E-state index contributed by atoms with van der Waals surface area (Å²) in [6, 6.07) is 8.56. The van der Waals surface area contributed by atoms with Crippen LogP contribution >= 0.6 is 0 Å². The Morgan fingerprint density at radius 3 is 2.70 bits per heavy atom. The average Bonchev–Trinajstić information content (AvgIpc) is 3.28. The SMILES string of the molecule is CCc1cccc(OCC(CO)(NC(C)C)C2CC2)c1. The Labute approximate surface area is 122 Å². The van der Waals surface area contributed by atoms with Crippen LogP contribution in [0.25, 0.3) is 0 Å². The van der Waals surface area contributed by atoms with E-state index in [0.717, 1.165) is 12.2 Å². The van der Waals surface area contributed by atoms with Crippen LogP contribution in [0.1, 0.15) is 39.2 Å². The Hall–Kier alpha value is -1.06. The number of ether oxygens (including phenoxy) is 1. The van der Waals surface area contributed by atoms with Crippen molar-refractivity contribution in [2.24, 2.45) is 5.92 Å². The third-order valence-corrected chi connectivity index (χ3v) is 4.02. The van der Waals surface area contributed by atoms with Crippen LogP contribution in [0.3, 0.4) is 0 Å². The summed E-state index contributed by atoms with van der Waals surface area (Å²) < 4.78 is 5.98. The summed E-state index contributed by atoms with van der Waals surface area (Å²) in [4.78, 5) is 0. The van der Waals surface area contributed by atoms with Crippen molar-refractivity contribution in [2.45, 2.75) is 51.6 Å². The molecule has 112 valence electrons. The summed E-state index contributed by atoms with van der Waals surface area (Å²) in [5.41, 5.74) is 0.983. The zero-order chi connectivity index (χ0) is 14.6. The van der Waals surface area contributed by atoms with E-state index in [1.54, 1.807) is 0 Å². The second kappa shape index (κ2) is 6.59. The van der Waals surface area contributed by atoms with Crippen LogP contribution in [-0.2, 0) is 6.42 Å². The van der Waals surface area contributed by atoms with Crippen molar-refractivity contribution in [3.05, 3.63) is 29.8 Å². The van der Waals surface area contributed by atoms with E-state index in [-0.39, 0.29) is 12.1 Å². The van der Waals surface area contributed by atoms with Crippen molar-refractivity contribution in [3.8, 4) is 5.75 Å². The van der Waals surface area contributed by atoms with Gasteiger partial charge in [-0.25, -0.2) is 0 Å². The van der Waals surface area contributed by atoms with E-state index in [0.29, 0.717) is 18.6 Å². The maximum atomic E-state index is 9.87. The lowest BCUT2D eigenvalue weighted by molar-refractivity contribution is 0.0778. The number of hydrogen-bond donors (Lipinski definition) is 2.